The molecule has 0 unspecified atom stereocenters. The molecule has 0 aliphatic carbocycles. The van der Waals surface area contributed by atoms with Crippen LogP contribution in [0.1, 0.15) is 5.82 Å². The topological polar surface area (TPSA) is 39.5 Å². The van der Waals surface area contributed by atoms with Crippen LogP contribution >= 0.6 is 0 Å². The predicted molar refractivity (Wildman–Crippen MR) is 78.3 cm³/mol. The van der Waals surface area contributed by atoms with Gasteiger partial charge >= 0.3 is 0 Å². The summed E-state index contributed by atoms with van der Waals surface area (Å²) in [5.74, 6) is 1.94. The number of hydrogen-bond acceptors (Lipinski definition) is 4. The molecule has 20 heavy (non-hydrogen) atoms. The van der Waals surface area contributed by atoms with E-state index < -0.39 is 0 Å². The lowest BCUT2D eigenvalue weighted by atomic mass is 10.3. The van der Waals surface area contributed by atoms with Gasteiger partial charge in [-0.1, -0.05) is 0 Å². The summed E-state index contributed by atoms with van der Waals surface area (Å²) >= 11 is 0. The maximum Gasteiger partial charge on any atom is 0.121 e. The lowest BCUT2D eigenvalue weighted by molar-refractivity contribution is 0.0364. The number of ether oxygens (including phenoxy) is 2. The first kappa shape index (κ1) is 13.4. The number of benzene rings is 1. The molecule has 2 aromatic rings. The van der Waals surface area contributed by atoms with Crippen molar-refractivity contribution in [3.63, 3.8) is 0 Å². The fourth-order valence-corrected chi connectivity index (χ4v) is 2.70. The van der Waals surface area contributed by atoms with E-state index in [1.807, 2.05) is 12.1 Å². The highest BCUT2D eigenvalue weighted by Crippen LogP contribution is 2.21. The molecule has 0 atom stereocenters. The monoisotopic (exact) mass is 275 g/mol. The molecule has 2 heterocycles. The first-order valence-electron chi connectivity index (χ1n) is 7.09. The summed E-state index contributed by atoms with van der Waals surface area (Å²) in [5, 5.41) is 0. The Balaban J connectivity index is 1.80. The lowest BCUT2D eigenvalue weighted by Gasteiger charge is -2.26. The predicted octanol–water partition coefficient (Wildman–Crippen LogP) is 1.69. The number of nitrogens with zero attached hydrogens (tertiary/aromatic N) is 3. The lowest BCUT2D eigenvalue weighted by Crippen LogP contribution is -2.38. The van der Waals surface area contributed by atoms with Gasteiger partial charge in [-0.15, -0.1) is 0 Å². The number of hydrogen-bond donors (Lipinski definition) is 0. The molecule has 0 spiro atoms. The molecule has 1 aliphatic rings. The third-order valence-corrected chi connectivity index (χ3v) is 3.89. The first-order chi connectivity index (χ1) is 9.78. The van der Waals surface area contributed by atoms with Crippen LogP contribution in [0.3, 0.4) is 0 Å². The molecular formula is C15H21N3O2. The molecule has 1 saturated heterocycles. The Kier molecular flexibility index (Phi) is 3.89. The van der Waals surface area contributed by atoms with Gasteiger partial charge < -0.3 is 14.0 Å². The van der Waals surface area contributed by atoms with Crippen molar-refractivity contribution in [1.29, 1.82) is 0 Å². The van der Waals surface area contributed by atoms with Crippen molar-refractivity contribution in [2.24, 2.45) is 0 Å². The van der Waals surface area contributed by atoms with Gasteiger partial charge in [-0.25, -0.2) is 4.98 Å². The molecule has 0 radical (unpaired) electrons. The Morgan fingerprint density at radius 1 is 1.25 bits per heavy atom. The maximum absolute atomic E-state index is 5.38. The second-order valence-electron chi connectivity index (χ2n) is 5.12. The number of aryl methyl sites for hydroxylation is 1. The van der Waals surface area contributed by atoms with Crippen LogP contribution in [0.5, 0.6) is 5.75 Å². The quantitative estimate of drug-likeness (QED) is 0.851. The van der Waals surface area contributed by atoms with Gasteiger partial charge in [-0.3, -0.25) is 4.90 Å². The van der Waals surface area contributed by atoms with Crippen LogP contribution in [0, 0.1) is 6.92 Å². The van der Waals surface area contributed by atoms with E-state index in [9.17, 15) is 0 Å². The average Bonchev–Trinajstić information content (AvgIpc) is 2.80. The number of aromatic nitrogens is 2. The third-order valence-electron chi connectivity index (χ3n) is 3.89. The van der Waals surface area contributed by atoms with E-state index in [0.717, 1.165) is 62.0 Å². The van der Waals surface area contributed by atoms with Gasteiger partial charge in [0, 0.05) is 32.2 Å². The zero-order valence-corrected chi connectivity index (χ0v) is 12.1. The number of rotatable bonds is 4. The maximum atomic E-state index is 5.38. The minimum Gasteiger partial charge on any atom is -0.497 e. The Bertz CT molecular complexity index is 588. The summed E-state index contributed by atoms with van der Waals surface area (Å²) in [6, 6.07) is 6.04. The second-order valence-corrected chi connectivity index (χ2v) is 5.12. The fourth-order valence-electron chi connectivity index (χ4n) is 2.70. The van der Waals surface area contributed by atoms with E-state index in [4.69, 9.17) is 9.47 Å². The zero-order valence-electron chi connectivity index (χ0n) is 12.1. The molecule has 3 rings (SSSR count). The third kappa shape index (κ3) is 2.64. The molecule has 108 valence electrons. The van der Waals surface area contributed by atoms with Crippen LogP contribution in [0.4, 0.5) is 0 Å². The van der Waals surface area contributed by atoms with Crippen LogP contribution < -0.4 is 4.74 Å². The Labute approximate surface area is 119 Å². The molecule has 1 aliphatic heterocycles. The molecule has 0 bridgehead atoms. The smallest absolute Gasteiger partial charge is 0.121 e. The summed E-state index contributed by atoms with van der Waals surface area (Å²) in [5.41, 5.74) is 2.18. The van der Waals surface area contributed by atoms with Gasteiger partial charge in [0.1, 0.15) is 11.6 Å². The van der Waals surface area contributed by atoms with Crippen molar-refractivity contribution < 1.29 is 9.47 Å². The first-order valence-corrected chi connectivity index (χ1v) is 7.09. The number of morpholine rings is 1. The van der Waals surface area contributed by atoms with Gasteiger partial charge in [0.25, 0.3) is 0 Å². The average molecular weight is 275 g/mol. The van der Waals surface area contributed by atoms with Gasteiger partial charge in [0.15, 0.2) is 0 Å². The van der Waals surface area contributed by atoms with E-state index >= 15 is 0 Å². The second kappa shape index (κ2) is 5.81. The van der Waals surface area contributed by atoms with Crippen molar-refractivity contribution in [2.75, 3.05) is 40.0 Å². The van der Waals surface area contributed by atoms with E-state index in [1.165, 1.54) is 0 Å². The van der Waals surface area contributed by atoms with E-state index in [-0.39, 0.29) is 0 Å². The van der Waals surface area contributed by atoms with E-state index in [0.29, 0.717) is 0 Å². The largest absolute Gasteiger partial charge is 0.497 e. The summed E-state index contributed by atoms with van der Waals surface area (Å²) in [4.78, 5) is 7.06. The SMILES string of the molecule is COc1ccc2nc(C)n(CCN3CCOCC3)c2c1. The van der Waals surface area contributed by atoms with Gasteiger partial charge in [-0.2, -0.15) is 0 Å². The Morgan fingerprint density at radius 2 is 2.05 bits per heavy atom. The highest BCUT2D eigenvalue weighted by Gasteiger charge is 2.13. The molecule has 1 aromatic carbocycles. The minimum atomic E-state index is 0.845. The van der Waals surface area contributed by atoms with Crippen LogP contribution in [-0.4, -0.2) is 54.4 Å². The summed E-state index contributed by atoms with van der Waals surface area (Å²) < 4.78 is 13.0. The van der Waals surface area contributed by atoms with Gasteiger partial charge in [-0.05, 0) is 19.1 Å². The standard InChI is InChI=1S/C15H21N3O2/c1-12-16-14-4-3-13(19-2)11-15(14)18(12)6-5-17-7-9-20-10-8-17/h3-4,11H,5-10H2,1-2H3. The summed E-state index contributed by atoms with van der Waals surface area (Å²) in [6.07, 6.45) is 0. The highest BCUT2D eigenvalue weighted by molar-refractivity contribution is 5.77. The van der Waals surface area contributed by atoms with Gasteiger partial charge in [0.05, 0.1) is 31.4 Å². The van der Waals surface area contributed by atoms with Crippen molar-refractivity contribution in [2.45, 2.75) is 13.5 Å². The minimum absolute atomic E-state index is 0.845. The normalized spacial score (nSPS) is 16.7. The van der Waals surface area contributed by atoms with E-state index in [2.05, 4.69) is 27.4 Å². The van der Waals surface area contributed by atoms with Crippen LogP contribution in [0.15, 0.2) is 18.2 Å². The van der Waals surface area contributed by atoms with Crippen LogP contribution in [-0.2, 0) is 11.3 Å². The van der Waals surface area contributed by atoms with Crippen molar-refractivity contribution in [1.82, 2.24) is 14.5 Å². The van der Waals surface area contributed by atoms with Crippen LogP contribution in [0.25, 0.3) is 11.0 Å². The summed E-state index contributed by atoms with van der Waals surface area (Å²) in [7, 11) is 1.70. The van der Waals surface area contributed by atoms with Crippen molar-refractivity contribution >= 4 is 11.0 Å². The molecule has 1 fully saturated rings. The molecular weight excluding hydrogens is 254 g/mol. The number of fused-ring (bicyclic) bond motifs is 1. The summed E-state index contributed by atoms with van der Waals surface area (Å²) in [6.45, 7) is 7.78. The molecule has 0 amide bonds. The highest BCUT2D eigenvalue weighted by atomic mass is 16.5. The van der Waals surface area contributed by atoms with Crippen molar-refractivity contribution in [3.05, 3.63) is 24.0 Å². The van der Waals surface area contributed by atoms with Crippen molar-refractivity contribution in [3.8, 4) is 5.75 Å². The molecule has 0 N–H and O–H groups in total. The molecule has 1 aromatic heterocycles. The number of imidazole rings is 1. The number of methoxy groups -OCH3 is 1. The zero-order chi connectivity index (χ0) is 13.9. The molecule has 5 nitrogen and oxygen atoms in total. The Hall–Kier alpha value is -1.59. The van der Waals surface area contributed by atoms with Gasteiger partial charge in [0.2, 0.25) is 0 Å². The fraction of sp³-hybridized carbons (Fsp3) is 0.533. The molecule has 5 heteroatoms. The molecule has 0 saturated carbocycles. The van der Waals surface area contributed by atoms with Crippen LogP contribution in [0.2, 0.25) is 0 Å². The van der Waals surface area contributed by atoms with E-state index in [1.54, 1.807) is 7.11 Å². The Morgan fingerprint density at radius 3 is 2.80 bits per heavy atom.